The van der Waals surface area contributed by atoms with Gasteiger partial charge >= 0.3 is 6.03 Å². The molecule has 0 bridgehead atoms. The van der Waals surface area contributed by atoms with Gasteiger partial charge in [-0.1, -0.05) is 17.7 Å². The molecule has 0 saturated heterocycles. The highest BCUT2D eigenvalue weighted by atomic mass is 16.2. The molecule has 4 nitrogen and oxygen atoms in total. The van der Waals surface area contributed by atoms with Gasteiger partial charge in [0, 0.05) is 29.3 Å². The Morgan fingerprint density at radius 2 is 1.75 bits per heavy atom. The lowest BCUT2D eigenvalue weighted by atomic mass is 10.1. The average Bonchev–Trinajstić information content (AvgIpc) is 2.88. The van der Waals surface area contributed by atoms with Crippen molar-refractivity contribution in [3.63, 3.8) is 0 Å². The maximum atomic E-state index is 12.1. The number of nitrogens with one attached hydrogen (secondary N) is 3. The molecule has 24 heavy (non-hydrogen) atoms. The Balaban J connectivity index is 1.57. The molecule has 0 fully saturated rings. The van der Waals surface area contributed by atoms with Gasteiger partial charge in [-0.3, -0.25) is 0 Å². The van der Waals surface area contributed by atoms with Crippen LogP contribution in [0.15, 0.2) is 42.6 Å². The van der Waals surface area contributed by atoms with Crippen molar-refractivity contribution in [1.29, 1.82) is 0 Å². The van der Waals surface area contributed by atoms with Crippen molar-refractivity contribution < 1.29 is 4.79 Å². The van der Waals surface area contributed by atoms with Crippen LogP contribution >= 0.6 is 0 Å². The lowest BCUT2D eigenvalue weighted by Gasteiger charge is -2.09. The molecule has 0 aliphatic carbocycles. The summed E-state index contributed by atoms with van der Waals surface area (Å²) in [7, 11) is 0. The lowest BCUT2D eigenvalue weighted by Crippen LogP contribution is -2.30. The van der Waals surface area contributed by atoms with Crippen LogP contribution < -0.4 is 10.6 Å². The summed E-state index contributed by atoms with van der Waals surface area (Å²) in [5, 5.41) is 7.04. The topological polar surface area (TPSA) is 56.9 Å². The Bertz CT molecular complexity index is 859. The number of aromatic amines is 1. The Morgan fingerprint density at radius 1 is 1.00 bits per heavy atom. The van der Waals surface area contributed by atoms with Gasteiger partial charge in [-0.25, -0.2) is 4.79 Å². The second-order valence-corrected chi connectivity index (χ2v) is 6.37. The molecule has 1 aromatic heterocycles. The predicted octanol–water partition coefficient (Wildman–Crippen LogP) is 4.46. The van der Waals surface area contributed by atoms with E-state index in [0.29, 0.717) is 6.54 Å². The Labute approximate surface area is 142 Å². The number of carbonyl (C=O) groups is 1. The molecule has 0 aliphatic heterocycles. The number of hydrogen-bond acceptors (Lipinski definition) is 1. The quantitative estimate of drug-likeness (QED) is 0.653. The van der Waals surface area contributed by atoms with Crippen molar-refractivity contribution in [1.82, 2.24) is 10.3 Å². The first-order chi connectivity index (χ1) is 11.5. The molecule has 0 saturated carbocycles. The number of amides is 2. The zero-order valence-corrected chi connectivity index (χ0v) is 14.4. The number of aromatic nitrogens is 1. The van der Waals surface area contributed by atoms with E-state index < -0.39 is 0 Å². The molecular formula is C20H23N3O. The van der Waals surface area contributed by atoms with Gasteiger partial charge < -0.3 is 15.6 Å². The highest BCUT2D eigenvalue weighted by molar-refractivity contribution is 5.89. The zero-order valence-electron chi connectivity index (χ0n) is 14.4. The number of hydrogen-bond donors (Lipinski definition) is 3. The van der Waals surface area contributed by atoms with Gasteiger partial charge in [-0.15, -0.1) is 0 Å². The van der Waals surface area contributed by atoms with E-state index in [-0.39, 0.29) is 6.03 Å². The van der Waals surface area contributed by atoms with Crippen LogP contribution in [-0.2, 0) is 6.42 Å². The third-order valence-corrected chi connectivity index (χ3v) is 4.08. The van der Waals surface area contributed by atoms with Crippen LogP contribution in [0.5, 0.6) is 0 Å². The Morgan fingerprint density at radius 3 is 2.50 bits per heavy atom. The van der Waals surface area contributed by atoms with E-state index in [2.05, 4.69) is 46.8 Å². The Kier molecular flexibility index (Phi) is 4.56. The van der Waals surface area contributed by atoms with Gasteiger partial charge in [-0.2, -0.15) is 0 Å². The molecule has 0 radical (unpaired) electrons. The summed E-state index contributed by atoms with van der Waals surface area (Å²) < 4.78 is 0. The van der Waals surface area contributed by atoms with Crippen LogP contribution in [0.2, 0.25) is 0 Å². The number of H-pyrrole nitrogens is 1. The molecule has 4 heteroatoms. The molecule has 0 unspecified atom stereocenters. The van der Waals surface area contributed by atoms with Crippen LogP contribution in [0.3, 0.4) is 0 Å². The van der Waals surface area contributed by atoms with E-state index in [9.17, 15) is 4.79 Å². The van der Waals surface area contributed by atoms with Crippen molar-refractivity contribution in [2.24, 2.45) is 0 Å². The largest absolute Gasteiger partial charge is 0.361 e. The molecule has 2 aromatic carbocycles. The molecule has 0 atom stereocenters. The van der Waals surface area contributed by atoms with Gasteiger partial charge in [0.1, 0.15) is 0 Å². The molecule has 124 valence electrons. The van der Waals surface area contributed by atoms with E-state index >= 15 is 0 Å². The minimum absolute atomic E-state index is 0.170. The summed E-state index contributed by atoms with van der Waals surface area (Å²) in [6, 6.07) is 12.2. The first-order valence-electron chi connectivity index (χ1n) is 8.21. The molecule has 3 aromatic rings. The summed E-state index contributed by atoms with van der Waals surface area (Å²) >= 11 is 0. The van der Waals surface area contributed by atoms with Gasteiger partial charge in [0.15, 0.2) is 0 Å². The number of urea groups is 1. The van der Waals surface area contributed by atoms with E-state index in [4.69, 9.17) is 0 Å². The van der Waals surface area contributed by atoms with E-state index in [1.165, 1.54) is 16.5 Å². The van der Waals surface area contributed by atoms with E-state index in [1.807, 2.05) is 32.2 Å². The van der Waals surface area contributed by atoms with E-state index in [0.717, 1.165) is 28.8 Å². The van der Waals surface area contributed by atoms with Crippen LogP contribution in [-0.4, -0.2) is 17.6 Å². The molecule has 1 heterocycles. The number of benzene rings is 2. The highest BCUT2D eigenvalue weighted by Crippen LogP contribution is 2.20. The highest BCUT2D eigenvalue weighted by Gasteiger charge is 2.06. The van der Waals surface area contributed by atoms with Gasteiger partial charge in [0.05, 0.1) is 0 Å². The molecule has 0 spiro atoms. The summed E-state index contributed by atoms with van der Waals surface area (Å²) in [4.78, 5) is 15.3. The summed E-state index contributed by atoms with van der Waals surface area (Å²) in [5.41, 5.74) is 6.70. The molecule has 3 rings (SSSR count). The molecular weight excluding hydrogens is 298 g/mol. The smallest absolute Gasteiger partial charge is 0.319 e. The SMILES string of the molecule is Cc1cc(C)cc(NC(=O)NCCc2c[nH]c3ccc(C)cc23)c1. The number of aryl methyl sites for hydroxylation is 3. The standard InChI is InChI=1S/C20H23N3O/c1-13-4-5-19-18(11-13)16(12-22-19)6-7-21-20(24)23-17-9-14(2)8-15(3)10-17/h4-5,8-12,22H,6-7H2,1-3H3,(H2,21,23,24). The molecule has 3 N–H and O–H groups in total. The third kappa shape index (κ3) is 3.77. The van der Waals surface area contributed by atoms with Gasteiger partial charge in [0.2, 0.25) is 0 Å². The maximum absolute atomic E-state index is 12.1. The summed E-state index contributed by atoms with van der Waals surface area (Å²) in [6.45, 7) is 6.73. The normalized spacial score (nSPS) is 10.8. The van der Waals surface area contributed by atoms with Crippen molar-refractivity contribution >= 4 is 22.6 Å². The van der Waals surface area contributed by atoms with Crippen molar-refractivity contribution in [2.75, 3.05) is 11.9 Å². The van der Waals surface area contributed by atoms with Crippen LogP contribution in [0.25, 0.3) is 10.9 Å². The fraction of sp³-hybridized carbons (Fsp3) is 0.250. The summed E-state index contributed by atoms with van der Waals surface area (Å²) in [5.74, 6) is 0. The minimum Gasteiger partial charge on any atom is -0.361 e. The zero-order chi connectivity index (χ0) is 17.1. The maximum Gasteiger partial charge on any atom is 0.319 e. The average molecular weight is 321 g/mol. The van der Waals surface area contributed by atoms with Crippen LogP contribution in [0, 0.1) is 20.8 Å². The number of anilines is 1. The monoisotopic (exact) mass is 321 g/mol. The fourth-order valence-corrected chi connectivity index (χ4v) is 3.03. The van der Waals surface area contributed by atoms with E-state index in [1.54, 1.807) is 0 Å². The fourth-order valence-electron chi connectivity index (χ4n) is 3.03. The van der Waals surface area contributed by atoms with Crippen molar-refractivity contribution in [3.05, 3.63) is 64.8 Å². The second-order valence-electron chi connectivity index (χ2n) is 6.37. The number of fused-ring (bicyclic) bond motifs is 1. The molecule has 0 aliphatic rings. The number of rotatable bonds is 4. The van der Waals surface area contributed by atoms with Crippen molar-refractivity contribution in [2.45, 2.75) is 27.2 Å². The lowest BCUT2D eigenvalue weighted by molar-refractivity contribution is 0.252. The predicted molar refractivity (Wildman–Crippen MR) is 99.7 cm³/mol. The Hall–Kier alpha value is -2.75. The first-order valence-corrected chi connectivity index (χ1v) is 8.21. The second kappa shape index (κ2) is 6.79. The first kappa shape index (κ1) is 16.1. The number of carbonyl (C=O) groups excluding carboxylic acids is 1. The van der Waals surface area contributed by atoms with Crippen molar-refractivity contribution in [3.8, 4) is 0 Å². The van der Waals surface area contributed by atoms with Gasteiger partial charge in [-0.05, 0) is 68.1 Å². The van der Waals surface area contributed by atoms with Crippen LogP contribution in [0.4, 0.5) is 10.5 Å². The molecule has 2 amide bonds. The van der Waals surface area contributed by atoms with Crippen LogP contribution in [0.1, 0.15) is 22.3 Å². The third-order valence-electron chi connectivity index (χ3n) is 4.08. The minimum atomic E-state index is -0.170. The summed E-state index contributed by atoms with van der Waals surface area (Å²) in [6.07, 6.45) is 2.82. The van der Waals surface area contributed by atoms with Gasteiger partial charge in [0.25, 0.3) is 0 Å².